The van der Waals surface area contributed by atoms with Crippen molar-refractivity contribution in [3.05, 3.63) is 17.1 Å². The van der Waals surface area contributed by atoms with E-state index in [4.69, 9.17) is 0 Å². The molecule has 1 aromatic heterocycles. The third-order valence-corrected chi connectivity index (χ3v) is 2.69. The van der Waals surface area contributed by atoms with E-state index in [0.717, 1.165) is 30.0 Å². The lowest BCUT2D eigenvalue weighted by Crippen LogP contribution is -2.18. The molecule has 0 aliphatic rings. The molecule has 1 aromatic rings. The summed E-state index contributed by atoms with van der Waals surface area (Å²) in [5.41, 5.74) is 1.89. The van der Waals surface area contributed by atoms with Crippen LogP contribution in [0.4, 0.5) is 19.0 Å². The monoisotopic (exact) mass is 291 g/mol. The van der Waals surface area contributed by atoms with Gasteiger partial charge >= 0.3 is 6.18 Å². The summed E-state index contributed by atoms with van der Waals surface area (Å²) in [6.07, 6.45) is -3.23. The topological polar surface area (TPSA) is 47.0 Å². The molecule has 20 heavy (non-hydrogen) atoms. The molecule has 0 bridgehead atoms. The maximum absolute atomic E-state index is 11.9. The third kappa shape index (κ3) is 5.32. The van der Waals surface area contributed by atoms with Crippen LogP contribution < -0.4 is 5.32 Å². The van der Waals surface area contributed by atoms with E-state index >= 15 is 0 Å². The van der Waals surface area contributed by atoms with Crippen molar-refractivity contribution in [1.82, 2.24) is 9.97 Å². The molecule has 0 amide bonds. The normalized spacial score (nSPS) is 11.7. The first-order valence-electron chi connectivity index (χ1n) is 6.62. The maximum atomic E-state index is 11.9. The highest BCUT2D eigenvalue weighted by Gasteiger charge is 2.27. The van der Waals surface area contributed by atoms with Gasteiger partial charge in [0.25, 0.3) is 0 Å². The van der Waals surface area contributed by atoms with Crippen LogP contribution in [0, 0.1) is 6.92 Å². The Morgan fingerprint density at radius 3 is 2.45 bits per heavy atom. The van der Waals surface area contributed by atoms with Crippen LogP contribution in [0.5, 0.6) is 0 Å². The molecular weight excluding hydrogens is 271 g/mol. The number of aromatic nitrogens is 2. The summed E-state index contributed by atoms with van der Waals surface area (Å²) in [4.78, 5) is 8.65. The van der Waals surface area contributed by atoms with Crippen LogP contribution in [0.25, 0.3) is 0 Å². The Kier molecular flexibility index (Phi) is 6.19. The summed E-state index contributed by atoms with van der Waals surface area (Å²) < 4.78 is 40.4. The lowest BCUT2D eigenvalue weighted by molar-refractivity contribution is -0.173. The molecule has 0 aromatic carbocycles. The van der Waals surface area contributed by atoms with Crippen LogP contribution in [-0.4, -0.2) is 35.9 Å². The van der Waals surface area contributed by atoms with Crippen molar-refractivity contribution in [2.24, 2.45) is 0 Å². The minimum atomic E-state index is -4.29. The fourth-order valence-electron chi connectivity index (χ4n) is 1.85. The highest BCUT2D eigenvalue weighted by atomic mass is 19.4. The minimum absolute atomic E-state index is 0.0456. The fourth-order valence-corrected chi connectivity index (χ4v) is 1.85. The smallest absolute Gasteiger partial charge is 0.372 e. The Hall–Kier alpha value is -1.37. The van der Waals surface area contributed by atoms with Gasteiger partial charge in [-0.15, -0.1) is 0 Å². The third-order valence-electron chi connectivity index (χ3n) is 2.69. The molecule has 114 valence electrons. The number of alkyl halides is 3. The van der Waals surface area contributed by atoms with Crippen LogP contribution in [0.1, 0.15) is 30.9 Å². The molecule has 0 aliphatic carbocycles. The predicted molar refractivity (Wildman–Crippen MR) is 70.9 cm³/mol. The summed E-state index contributed by atoms with van der Waals surface area (Å²) in [7, 11) is 0. The summed E-state index contributed by atoms with van der Waals surface area (Å²) >= 11 is 0. The van der Waals surface area contributed by atoms with Crippen molar-refractivity contribution >= 4 is 5.82 Å². The quantitative estimate of drug-likeness (QED) is 0.785. The van der Waals surface area contributed by atoms with Crippen LogP contribution in [0.3, 0.4) is 0 Å². The molecule has 1 heterocycles. The number of aryl methyl sites for hydroxylation is 1. The Morgan fingerprint density at radius 1 is 1.20 bits per heavy atom. The Bertz CT molecular complexity index is 436. The van der Waals surface area contributed by atoms with Crippen molar-refractivity contribution in [3.63, 3.8) is 0 Å². The first-order chi connectivity index (χ1) is 9.37. The zero-order valence-corrected chi connectivity index (χ0v) is 12.0. The molecule has 1 N–H and O–H groups in total. The van der Waals surface area contributed by atoms with Crippen molar-refractivity contribution in [3.8, 4) is 0 Å². The van der Waals surface area contributed by atoms with Gasteiger partial charge in [0.1, 0.15) is 18.2 Å². The number of anilines is 1. The van der Waals surface area contributed by atoms with E-state index in [1.807, 2.05) is 20.8 Å². The first kappa shape index (κ1) is 16.7. The van der Waals surface area contributed by atoms with Crippen molar-refractivity contribution in [1.29, 1.82) is 0 Å². The minimum Gasteiger partial charge on any atom is -0.372 e. The lowest BCUT2D eigenvalue weighted by atomic mass is 10.1. The van der Waals surface area contributed by atoms with Gasteiger partial charge < -0.3 is 10.1 Å². The summed E-state index contributed by atoms with van der Waals surface area (Å²) in [5, 5.41) is 3.15. The van der Waals surface area contributed by atoms with E-state index in [1.54, 1.807) is 0 Å². The van der Waals surface area contributed by atoms with Gasteiger partial charge in [0.15, 0.2) is 0 Å². The molecule has 1 rings (SSSR count). The van der Waals surface area contributed by atoms with Gasteiger partial charge in [0.05, 0.1) is 6.61 Å². The molecule has 0 aliphatic heterocycles. The standard InChI is InChI=1S/C13H20F3N3O/c1-4-10-9(3)18-11(19-12(10)17-5-2)6-7-20-8-13(14,15)16/h4-8H2,1-3H3,(H,17,18,19). The molecule has 0 spiro atoms. The average Bonchev–Trinajstić information content (AvgIpc) is 2.34. The second-order valence-corrected chi connectivity index (χ2v) is 4.35. The fraction of sp³-hybridized carbons (Fsp3) is 0.692. The first-order valence-corrected chi connectivity index (χ1v) is 6.62. The summed E-state index contributed by atoms with van der Waals surface area (Å²) in [6.45, 7) is 5.30. The van der Waals surface area contributed by atoms with E-state index in [0.29, 0.717) is 5.82 Å². The van der Waals surface area contributed by atoms with Gasteiger partial charge in [-0.1, -0.05) is 6.92 Å². The van der Waals surface area contributed by atoms with Crippen molar-refractivity contribution in [2.45, 2.75) is 39.8 Å². The van der Waals surface area contributed by atoms with Gasteiger partial charge in [-0.25, -0.2) is 9.97 Å². The van der Waals surface area contributed by atoms with Crippen molar-refractivity contribution in [2.75, 3.05) is 25.1 Å². The van der Waals surface area contributed by atoms with E-state index < -0.39 is 12.8 Å². The number of nitrogens with one attached hydrogen (secondary N) is 1. The maximum Gasteiger partial charge on any atom is 0.411 e. The molecule has 0 unspecified atom stereocenters. The van der Waals surface area contributed by atoms with Gasteiger partial charge in [-0.3, -0.25) is 0 Å². The van der Waals surface area contributed by atoms with Crippen LogP contribution in [-0.2, 0) is 17.6 Å². The molecule has 7 heteroatoms. The Morgan fingerprint density at radius 2 is 1.90 bits per heavy atom. The molecule has 0 saturated heterocycles. The molecule has 0 radical (unpaired) electrons. The zero-order valence-electron chi connectivity index (χ0n) is 12.0. The number of rotatable bonds is 7. The highest BCUT2D eigenvalue weighted by Crippen LogP contribution is 2.18. The van der Waals surface area contributed by atoms with Crippen LogP contribution in [0.2, 0.25) is 0 Å². The second-order valence-electron chi connectivity index (χ2n) is 4.35. The second kappa shape index (κ2) is 7.42. The molecule has 0 fully saturated rings. The van der Waals surface area contributed by atoms with Gasteiger partial charge in [-0.05, 0) is 20.3 Å². The van der Waals surface area contributed by atoms with Crippen LogP contribution >= 0.6 is 0 Å². The van der Waals surface area contributed by atoms with Gasteiger partial charge in [0.2, 0.25) is 0 Å². The Balaban J connectivity index is 2.66. The number of nitrogens with zero attached hydrogens (tertiary/aromatic N) is 2. The number of hydrogen-bond donors (Lipinski definition) is 1. The number of ether oxygens (including phenoxy) is 1. The van der Waals surface area contributed by atoms with E-state index in [1.165, 1.54) is 0 Å². The predicted octanol–water partition coefficient (Wildman–Crippen LogP) is 2.90. The molecular formula is C13H20F3N3O. The summed E-state index contributed by atoms with van der Waals surface area (Å²) in [5.74, 6) is 1.26. The van der Waals surface area contributed by atoms with E-state index in [2.05, 4.69) is 20.0 Å². The van der Waals surface area contributed by atoms with Crippen molar-refractivity contribution < 1.29 is 17.9 Å². The largest absolute Gasteiger partial charge is 0.411 e. The molecule has 0 atom stereocenters. The van der Waals surface area contributed by atoms with E-state index in [9.17, 15) is 13.2 Å². The SMILES string of the molecule is CCNc1nc(CCOCC(F)(F)F)nc(C)c1CC. The van der Waals surface area contributed by atoms with Gasteiger partial charge in [-0.2, -0.15) is 13.2 Å². The molecule has 4 nitrogen and oxygen atoms in total. The Labute approximate surface area is 116 Å². The highest BCUT2D eigenvalue weighted by molar-refractivity contribution is 5.46. The van der Waals surface area contributed by atoms with E-state index in [-0.39, 0.29) is 13.0 Å². The average molecular weight is 291 g/mol. The number of hydrogen-bond acceptors (Lipinski definition) is 4. The van der Waals surface area contributed by atoms with Gasteiger partial charge in [0, 0.05) is 24.2 Å². The number of halogens is 3. The lowest BCUT2D eigenvalue weighted by Gasteiger charge is -2.13. The molecule has 0 saturated carbocycles. The zero-order chi connectivity index (χ0) is 15.2. The summed E-state index contributed by atoms with van der Waals surface area (Å²) in [6, 6.07) is 0. The van der Waals surface area contributed by atoms with Crippen LogP contribution in [0.15, 0.2) is 0 Å².